The average molecular weight is 533 g/mol. The van der Waals surface area contributed by atoms with E-state index in [1.54, 1.807) is 6.20 Å². The van der Waals surface area contributed by atoms with E-state index in [1.165, 1.54) is 21.3 Å². The lowest BCUT2D eigenvalue weighted by Crippen LogP contribution is -2.37. The predicted octanol–water partition coefficient (Wildman–Crippen LogP) is 6.51. The molecular formula is C31H40N4O4. The molecule has 208 valence electrons. The summed E-state index contributed by atoms with van der Waals surface area (Å²) in [5.41, 5.74) is 6.23. The number of hydrogen-bond donors (Lipinski definition) is 1. The van der Waals surface area contributed by atoms with Gasteiger partial charge in [-0.05, 0) is 120 Å². The van der Waals surface area contributed by atoms with Crippen molar-refractivity contribution in [2.45, 2.75) is 91.5 Å². The number of benzene rings is 1. The Morgan fingerprint density at radius 3 is 2.44 bits per heavy atom. The van der Waals surface area contributed by atoms with Gasteiger partial charge in [0.15, 0.2) is 0 Å². The largest absolute Gasteiger partial charge is 0.444 e. The van der Waals surface area contributed by atoms with Crippen molar-refractivity contribution in [3.05, 3.63) is 52.8 Å². The molecule has 0 saturated carbocycles. The molecule has 4 heterocycles. The summed E-state index contributed by atoms with van der Waals surface area (Å²) in [6, 6.07) is 6.56. The van der Waals surface area contributed by atoms with E-state index in [4.69, 9.17) is 14.5 Å². The monoisotopic (exact) mass is 532 g/mol. The molecule has 1 N–H and O–H groups in total. The van der Waals surface area contributed by atoms with Crippen molar-refractivity contribution < 1.29 is 19.1 Å². The zero-order valence-electron chi connectivity index (χ0n) is 24.2. The lowest BCUT2D eigenvalue weighted by atomic mass is 9.87. The van der Waals surface area contributed by atoms with E-state index in [2.05, 4.69) is 23.5 Å². The quantitative estimate of drug-likeness (QED) is 0.405. The van der Waals surface area contributed by atoms with Crippen LogP contribution in [-0.4, -0.2) is 50.9 Å². The Balaban J connectivity index is 1.55. The number of aryl methyl sites for hydroxylation is 1. The van der Waals surface area contributed by atoms with Gasteiger partial charge in [0, 0.05) is 36.4 Å². The molecule has 39 heavy (non-hydrogen) atoms. The summed E-state index contributed by atoms with van der Waals surface area (Å²) in [6.07, 6.45) is 5.72. The van der Waals surface area contributed by atoms with Crippen LogP contribution in [0.4, 0.5) is 9.59 Å². The van der Waals surface area contributed by atoms with Gasteiger partial charge in [-0.15, -0.1) is 0 Å². The third-order valence-electron chi connectivity index (χ3n) is 7.25. The Bertz CT molecular complexity index is 1430. The van der Waals surface area contributed by atoms with Gasteiger partial charge in [-0.1, -0.05) is 0 Å². The van der Waals surface area contributed by atoms with E-state index in [9.17, 15) is 9.59 Å². The highest BCUT2D eigenvalue weighted by Gasteiger charge is 2.35. The number of carbonyl (C=O) groups is 2. The fourth-order valence-corrected chi connectivity index (χ4v) is 5.62. The first-order chi connectivity index (χ1) is 18.3. The average Bonchev–Trinajstić information content (AvgIpc) is 3.46. The van der Waals surface area contributed by atoms with Crippen molar-refractivity contribution in [3.63, 3.8) is 0 Å². The van der Waals surface area contributed by atoms with Gasteiger partial charge in [0.2, 0.25) is 0 Å². The maximum Gasteiger partial charge on any atom is 0.420 e. The van der Waals surface area contributed by atoms with E-state index >= 15 is 0 Å². The molecular weight excluding hydrogens is 492 g/mol. The van der Waals surface area contributed by atoms with Crippen LogP contribution in [0.1, 0.15) is 82.7 Å². The SMILES string of the molecule is Cc1cn(C(=O)OC(C)(C)C)c2ncc(-c3cc4c(c([C@@H]5CCCN5C(=O)OC(C)(C)C)c3)CCNC4)cc12. The minimum Gasteiger partial charge on any atom is -0.444 e. The molecule has 0 unspecified atom stereocenters. The number of hydrogen-bond acceptors (Lipinski definition) is 6. The standard InChI is InChI=1S/C31H40N4O4/c1-19-18-35(29(37)39-31(5,6)7)27-24(19)15-21(17-33-27)20-13-22-16-32-11-10-23(22)25(14-20)26-9-8-12-34(26)28(36)38-30(2,3)4/h13-15,17-18,26,32H,8-12,16H2,1-7H3/t26-/m0/s1. The smallest absolute Gasteiger partial charge is 0.420 e. The topological polar surface area (TPSA) is 85.7 Å². The molecule has 2 aromatic heterocycles. The molecule has 2 aliphatic heterocycles. The Hall–Kier alpha value is -3.39. The number of likely N-dealkylation sites (tertiary alicyclic amines) is 1. The van der Waals surface area contributed by atoms with E-state index in [1.807, 2.05) is 59.6 Å². The predicted molar refractivity (Wildman–Crippen MR) is 152 cm³/mol. The zero-order valence-corrected chi connectivity index (χ0v) is 24.2. The van der Waals surface area contributed by atoms with Gasteiger partial charge in [0.05, 0.1) is 6.04 Å². The van der Waals surface area contributed by atoms with Crippen molar-refractivity contribution >= 4 is 23.2 Å². The molecule has 1 aromatic carbocycles. The van der Waals surface area contributed by atoms with Gasteiger partial charge in [0.1, 0.15) is 16.8 Å². The minimum absolute atomic E-state index is 0.0154. The fraction of sp³-hybridized carbons (Fsp3) is 0.516. The van der Waals surface area contributed by atoms with E-state index < -0.39 is 17.3 Å². The highest BCUT2D eigenvalue weighted by atomic mass is 16.6. The van der Waals surface area contributed by atoms with Crippen LogP contribution in [0.5, 0.6) is 0 Å². The molecule has 3 aromatic rings. The molecule has 1 atom stereocenters. The summed E-state index contributed by atoms with van der Waals surface area (Å²) in [5.74, 6) is 0. The number of carbonyl (C=O) groups excluding carboxylic acids is 2. The second-order valence-electron chi connectivity index (χ2n) is 12.7. The van der Waals surface area contributed by atoms with Crippen LogP contribution in [0.15, 0.2) is 30.6 Å². The molecule has 0 bridgehead atoms. The molecule has 0 radical (unpaired) electrons. The summed E-state index contributed by atoms with van der Waals surface area (Å²) in [4.78, 5) is 32.6. The second-order valence-corrected chi connectivity index (χ2v) is 12.7. The van der Waals surface area contributed by atoms with E-state index in [-0.39, 0.29) is 12.1 Å². The van der Waals surface area contributed by atoms with Gasteiger partial charge in [-0.2, -0.15) is 0 Å². The van der Waals surface area contributed by atoms with Crippen LogP contribution in [0.3, 0.4) is 0 Å². The van der Waals surface area contributed by atoms with Crippen molar-refractivity contribution in [1.82, 2.24) is 19.8 Å². The number of nitrogens with one attached hydrogen (secondary N) is 1. The third kappa shape index (κ3) is 5.66. The van der Waals surface area contributed by atoms with E-state index in [0.717, 1.165) is 54.4 Å². The van der Waals surface area contributed by atoms with Gasteiger partial charge in [0.25, 0.3) is 0 Å². The number of ether oxygens (including phenoxy) is 2. The molecule has 1 fully saturated rings. The van der Waals surface area contributed by atoms with Crippen LogP contribution in [0.25, 0.3) is 22.2 Å². The number of pyridine rings is 1. The normalized spacial score (nSPS) is 17.8. The Morgan fingerprint density at radius 2 is 1.72 bits per heavy atom. The lowest BCUT2D eigenvalue weighted by Gasteiger charge is -2.32. The number of aromatic nitrogens is 2. The van der Waals surface area contributed by atoms with Crippen molar-refractivity contribution in [2.75, 3.05) is 13.1 Å². The van der Waals surface area contributed by atoms with Crippen LogP contribution >= 0.6 is 0 Å². The Labute approximate surface area is 230 Å². The maximum absolute atomic E-state index is 13.1. The third-order valence-corrected chi connectivity index (χ3v) is 7.25. The molecule has 2 aliphatic rings. The lowest BCUT2D eigenvalue weighted by molar-refractivity contribution is 0.0223. The molecule has 0 aliphatic carbocycles. The van der Waals surface area contributed by atoms with E-state index in [0.29, 0.717) is 12.2 Å². The summed E-state index contributed by atoms with van der Waals surface area (Å²) < 4.78 is 12.8. The first kappa shape index (κ1) is 27.2. The fourth-order valence-electron chi connectivity index (χ4n) is 5.62. The number of rotatable bonds is 2. The first-order valence-corrected chi connectivity index (χ1v) is 13.9. The molecule has 8 nitrogen and oxygen atoms in total. The molecule has 5 rings (SSSR count). The van der Waals surface area contributed by atoms with Crippen LogP contribution in [-0.2, 0) is 22.4 Å². The maximum atomic E-state index is 13.1. The molecule has 8 heteroatoms. The van der Waals surface area contributed by atoms with Crippen LogP contribution in [0, 0.1) is 6.92 Å². The highest BCUT2D eigenvalue weighted by Crippen LogP contribution is 2.39. The summed E-state index contributed by atoms with van der Waals surface area (Å²) in [6.45, 7) is 15.7. The number of amides is 1. The van der Waals surface area contributed by atoms with Crippen molar-refractivity contribution in [2.24, 2.45) is 0 Å². The summed E-state index contributed by atoms with van der Waals surface area (Å²) in [5, 5.41) is 4.41. The highest BCUT2D eigenvalue weighted by molar-refractivity contribution is 5.91. The summed E-state index contributed by atoms with van der Waals surface area (Å²) in [7, 11) is 0. The van der Waals surface area contributed by atoms with Crippen molar-refractivity contribution in [3.8, 4) is 11.1 Å². The van der Waals surface area contributed by atoms with Crippen LogP contribution in [0.2, 0.25) is 0 Å². The molecule has 1 amide bonds. The van der Waals surface area contributed by atoms with Crippen LogP contribution < -0.4 is 5.32 Å². The van der Waals surface area contributed by atoms with Gasteiger partial charge in [-0.25, -0.2) is 19.1 Å². The molecule has 1 saturated heterocycles. The Kier molecular flexibility index (Phi) is 6.95. The second kappa shape index (κ2) is 9.97. The summed E-state index contributed by atoms with van der Waals surface area (Å²) >= 11 is 0. The van der Waals surface area contributed by atoms with Gasteiger partial charge < -0.3 is 19.7 Å². The zero-order chi connectivity index (χ0) is 28.1. The van der Waals surface area contributed by atoms with Gasteiger partial charge >= 0.3 is 12.2 Å². The van der Waals surface area contributed by atoms with Crippen molar-refractivity contribution in [1.29, 1.82) is 0 Å². The first-order valence-electron chi connectivity index (χ1n) is 13.9. The number of fused-ring (bicyclic) bond motifs is 2. The number of nitrogens with zero attached hydrogens (tertiary/aromatic N) is 3. The minimum atomic E-state index is -0.595. The van der Waals surface area contributed by atoms with Gasteiger partial charge in [-0.3, -0.25) is 0 Å². The Morgan fingerprint density at radius 1 is 1.00 bits per heavy atom. The molecule has 0 spiro atoms.